The molecule has 0 aromatic heterocycles. The van der Waals surface area contributed by atoms with Crippen LogP contribution >= 0.6 is 0 Å². The molecule has 8 heteroatoms. The van der Waals surface area contributed by atoms with Crippen molar-refractivity contribution in [3.05, 3.63) is 0 Å². The van der Waals surface area contributed by atoms with E-state index in [4.69, 9.17) is 31.6 Å². The van der Waals surface area contributed by atoms with Crippen LogP contribution in [0.4, 0.5) is 0 Å². The molecule has 0 saturated carbocycles. The van der Waals surface area contributed by atoms with Crippen molar-refractivity contribution < 1.29 is 51.6 Å². The van der Waals surface area contributed by atoms with Crippen LogP contribution in [0.25, 0.3) is 0 Å². The quantitative estimate of drug-likeness (QED) is 0.563. The molecule has 0 aromatic rings. The van der Waals surface area contributed by atoms with Crippen molar-refractivity contribution in [2.45, 2.75) is 0 Å². The third-order valence-electron chi connectivity index (χ3n) is 1.19. The summed E-state index contributed by atoms with van der Waals surface area (Å²) in [7, 11) is -6.17. The number of nitriles is 6. The Morgan fingerprint density at radius 2 is 0.643 bits per heavy atom. The molecule has 0 saturated heterocycles. The maximum absolute atomic E-state index is 8.58. The van der Waals surface area contributed by atoms with Gasteiger partial charge in [-0.25, -0.2) is 0 Å². The summed E-state index contributed by atoms with van der Waals surface area (Å²) < 4.78 is 0. The largest absolute Gasteiger partial charge is 3.00 e. The molecule has 1 radical (unpaired) electrons. The summed E-state index contributed by atoms with van der Waals surface area (Å²) in [6.45, 7) is 0. The van der Waals surface area contributed by atoms with E-state index in [0.717, 1.165) is 29.8 Å². The first-order valence-corrected chi connectivity index (χ1v) is 5.71. The van der Waals surface area contributed by atoms with E-state index in [1.807, 2.05) is 0 Å². The third-order valence-corrected chi connectivity index (χ3v) is 4.89. The van der Waals surface area contributed by atoms with E-state index in [1.54, 1.807) is 0 Å². The molecular weight excluding hydrogens is 356 g/mol. The first-order chi connectivity index (χ1) is 5.97. The second-order valence-corrected chi connectivity index (χ2v) is 7.42. The van der Waals surface area contributed by atoms with E-state index in [0.29, 0.717) is 0 Å². The summed E-state index contributed by atoms with van der Waals surface area (Å²) in [5, 5.41) is 51.5. The van der Waals surface area contributed by atoms with Gasteiger partial charge in [-0.2, -0.15) is 0 Å². The van der Waals surface area contributed by atoms with Gasteiger partial charge in [0.1, 0.15) is 0 Å². The Bertz CT molecular complexity index is 392. The fourth-order valence-corrected chi connectivity index (χ4v) is 1.09. The van der Waals surface area contributed by atoms with Crippen molar-refractivity contribution >= 4 is 0 Å². The molecule has 0 fully saturated rings. The number of hydrogen-bond acceptors (Lipinski definition) is 6. The Hall–Kier alpha value is -1.19. The zero-order valence-corrected chi connectivity index (χ0v) is 10.8. The minimum atomic E-state index is -6.17. The standard InChI is InChI=1S/6CN.Fe.Nd/c6*1-2;;/q;;;;;;-3;+3. The van der Waals surface area contributed by atoms with Gasteiger partial charge in [0.2, 0.25) is 0 Å². The van der Waals surface area contributed by atoms with Crippen molar-refractivity contribution in [2.75, 3.05) is 0 Å². The van der Waals surface area contributed by atoms with Crippen molar-refractivity contribution in [3.8, 4) is 29.8 Å². The summed E-state index contributed by atoms with van der Waals surface area (Å²) in [4.78, 5) is 6.19. The van der Waals surface area contributed by atoms with Crippen molar-refractivity contribution in [3.63, 3.8) is 0 Å². The number of nitrogens with zero attached hydrogens (tertiary/aromatic N) is 6. The molecule has 0 atom stereocenters. The van der Waals surface area contributed by atoms with Crippen LogP contribution in [0.3, 0.4) is 0 Å². The molecule has 0 heterocycles. The summed E-state index contributed by atoms with van der Waals surface area (Å²) in [6.07, 6.45) is 0. The first kappa shape index (κ1) is 15.3. The second-order valence-electron chi connectivity index (χ2n) is 1.80. The molecule has 0 spiro atoms. The molecule has 0 aliphatic heterocycles. The van der Waals surface area contributed by atoms with Gasteiger partial charge in [0, 0.05) is 0 Å². The van der Waals surface area contributed by atoms with Gasteiger partial charge in [-0.1, -0.05) is 0 Å². The molecule has 0 unspecified atom stereocenters. The van der Waals surface area contributed by atoms with E-state index in [-0.39, 0.29) is 40.8 Å². The Morgan fingerprint density at radius 1 is 0.500 bits per heavy atom. The van der Waals surface area contributed by atoms with E-state index in [1.165, 1.54) is 0 Å². The van der Waals surface area contributed by atoms with Gasteiger partial charge in [-0.3, -0.25) is 0 Å². The summed E-state index contributed by atoms with van der Waals surface area (Å²) >= 11 is 0. The van der Waals surface area contributed by atoms with Crippen LogP contribution in [0.15, 0.2) is 0 Å². The van der Waals surface area contributed by atoms with Crippen LogP contribution in [0.1, 0.15) is 0 Å². The molecule has 14 heavy (non-hydrogen) atoms. The Labute approximate surface area is 112 Å². The Balaban J connectivity index is 0. The summed E-state index contributed by atoms with van der Waals surface area (Å²) in [5.41, 5.74) is 0. The van der Waals surface area contributed by atoms with Crippen LogP contribution in [-0.2, 0) is 10.7 Å². The van der Waals surface area contributed by atoms with Crippen LogP contribution in [-0.4, -0.2) is 0 Å². The predicted octanol–water partition coefficient (Wildman–Crippen LogP) is 0.0982. The second kappa shape index (κ2) is 3.52. The fourth-order valence-electron chi connectivity index (χ4n) is 0.265. The molecular formula is C6FeN6Nd. The van der Waals surface area contributed by atoms with Gasteiger partial charge in [0.05, 0.1) is 0 Å². The fraction of sp³-hybridized carbons (Fsp3) is 0. The number of rotatable bonds is 0. The molecule has 66 valence electrons. The molecule has 0 aliphatic carbocycles. The number of hydrogen-bond donors (Lipinski definition) is 0. The van der Waals surface area contributed by atoms with Crippen LogP contribution in [0.5, 0.6) is 0 Å². The normalized spacial score (nSPS) is 12.4. The van der Waals surface area contributed by atoms with Crippen LogP contribution in [0, 0.1) is 102 Å². The molecule has 0 aliphatic rings. The van der Waals surface area contributed by atoms with Gasteiger partial charge in [0.15, 0.2) is 0 Å². The van der Waals surface area contributed by atoms with E-state index < -0.39 is 10.7 Å². The van der Waals surface area contributed by atoms with E-state index in [2.05, 4.69) is 0 Å². The molecule has 0 aromatic carbocycles. The van der Waals surface area contributed by atoms with Gasteiger partial charge >= 0.3 is 113 Å². The Kier molecular flexibility index (Phi) is 3.84. The van der Waals surface area contributed by atoms with Crippen molar-refractivity contribution in [2.24, 2.45) is 0 Å². The van der Waals surface area contributed by atoms with E-state index >= 15 is 0 Å². The first-order valence-electron chi connectivity index (χ1n) is 2.40. The average Bonchev–Trinajstić information content (AvgIpc) is 2.26. The Morgan fingerprint density at radius 3 is 0.643 bits per heavy atom. The smallest absolute Gasteiger partial charge is 3.00 e. The topological polar surface area (TPSA) is 143 Å². The van der Waals surface area contributed by atoms with Crippen molar-refractivity contribution in [1.29, 1.82) is 31.6 Å². The third kappa shape index (κ3) is 1.25. The molecule has 0 amide bonds. The molecule has 6 nitrogen and oxygen atoms in total. The van der Waals surface area contributed by atoms with Gasteiger partial charge in [-0.05, 0) is 0 Å². The monoisotopic (exact) mass is 354 g/mol. The average molecular weight is 356 g/mol. The van der Waals surface area contributed by atoms with Crippen LogP contribution < -0.4 is 0 Å². The van der Waals surface area contributed by atoms with E-state index in [9.17, 15) is 0 Å². The maximum Gasteiger partial charge on any atom is 3.00 e. The van der Waals surface area contributed by atoms with Crippen LogP contribution in [0.2, 0.25) is 0 Å². The van der Waals surface area contributed by atoms with Crippen molar-refractivity contribution in [1.82, 2.24) is 0 Å². The van der Waals surface area contributed by atoms with Gasteiger partial charge in [0.25, 0.3) is 0 Å². The minimum absolute atomic E-state index is 0. The summed E-state index contributed by atoms with van der Waals surface area (Å²) in [5.74, 6) is 0. The molecule has 0 rings (SSSR count). The zero-order valence-electron chi connectivity index (χ0n) is 6.54. The molecule has 0 bridgehead atoms. The SMILES string of the molecule is N#[C][Fe-3]([C]#N)([C]#N)([C]#N)([C]#N)[C]#N.[Nd+3]. The molecule has 0 N–H and O–H groups in total. The van der Waals surface area contributed by atoms with Gasteiger partial charge in [-0.15, -0.1) is 0 Å². The van der Waals surface area contributed by atoms with Gasteiger partial charge < -0.3 is 0 Å². The summed E-state index contributed by atoms with van der Waals surface area (Å²) in [6, 6.07) is 0. The predicted molar refractivity (Wildman–Crippen MR) is 33.7 cm³/mol. The zero-order chi connectivity index (χ0) is 10.7. The maximum atomic E-state index is 8.58. The minimum Gasteiger partial charge on any atom is 3.00 e.